The van der Waals surface area contributed by atoms with Crippen molar-refractivity contribution in [2.24, 2.45) is 11.8 Å². The van der Waals surface area contributed by atoms with E-state index in [1.165, 1.54) is 11.3 Å². The molecule has 2 aliphatic carbocycles. The molecule has 1 aromatic heterocycles. The van der Waals surface area contributed by atoms with Gasteiger partial charge in [0.05, 0.1) is 0 Å². The van der Waals surface area contributed by atoms with Crippen molar-refractivity contribution in [3.63, 3.8) is 0 Å². The predicted octanol–water partition coefficient (Wildman–Crippen LogP) is 3.15. The Labute approximate surface area is 124 Å². The molecule has 1 aliphatic heterocycles. The number of amides is 1. The summed E-state index contributed by atoms with van der Waals surface area (Å²) in [6, 6.07) is 4.66. The van der Waals surface area contributed by atoms with Crippen molar-refractivity contribution in [3.05, 3.63) is 22.4 Å². The van der Waals surface area contributed by atoms with Gasteiger partial charge in [-0.2, -0.15) is 0 Å². The first-order chi connectivity index (χ1) is 9.62. The van der Waals surface area contributed by atoms with Gasteiger partial charge < -0.3 is 4.90 Å². The lowest BCUT2D eigenvalue weighted by Gasteiger charge is -2.33. The molecule has 0 aromatic carbocycles. The SMILES string of the molecule is CC1CCC(N2C(=O)C3(CC3)NC2c2cccs2)C1C. The molecule has 0 radical (unpaired) electrons. The zero-order chi connectivity index (χ0) is 13.9. The van der Waals surface area contributed by atoms with Gasteiger partial charge in [-0.15, -0.1) is 11.3 Å². The molecule has 1 amide bonds. The highest BCUT2D eigenvalue weighted by Gasteiger charge is 2.61. The molecule has 4 atom stereocenters. The van der Waals surface area contributed by atoms with Crippen LogP contribution in [0.3, 0.4) is 0 Å². The minimum Gasteiger partial charge on any atom is -0.317 e. The van der Waals surface area contributed by atoms with Crippen molar-refractivity contribution in [1.29, 1.82) is 0 Å². The topological polar surface area (TPSA) is 32.3 Å². The van der Waals surface area contributed by atoms with Crippen LogP contribution in [0, 0.1) is 11.8 Å². The van der Waals surface area contributed by atoms with Crippen molar-refractivity contribution in [1.82, 2.24) is 10.2 Å². The maximum Gasteiger partial charge on any atom is 0.244 e. The molecule has 4 rings (SSSR count). The van der Waals surface area contributed by atoms with Crippen LogP contribution >= 0.6 is 11.3 Å². The van der Waals surface area contributed by atoms with E-state index >= 15 is 0 Å². The number of nitrogens with one attached hydrogen (secondary N) is 1. The average Bonchev–Trinajstić information content (AvgIpc) is 2.78. The second kappa shape index (κ2) is 4.31. The Morgan fingerprint density at radius 3 is 2.70 bits per heavy atom. The van der Waals surface area contributed by atoms with Crippen LogP contribution in [-0.4, -0.2) is 22.4 Å². The number of nitrogens with zero attached hydrogens (tertiary/aromatic N) is 1. The molecule has 1 saturated heterocycles. The Hall–Kier alpha value is -0.870. The fourth-order valence-electron chi connectivity index (χ4n) is 3.97. The minimum atomic E-state index is -0.208. The number of carbonyl (C=O) groups is 1. The number of rotatable bonds is 2. The van der Waals surface area contributed by atoms with Crippen molar-refractivity contribution >= 4 is 17.2 Å². The fraction of sp³-hybridized carbons (Fsp3) is 0.688. The number of carbonyl (C=O) groups excluding carboxylic acids is 1. The van der Waals surface area contributed by atoms with Crippen LogP contribution in [0.1, 0.15) is 50.6 Å². The predicted molar refractivity (Wildman–Crippen MR) is 80.4 cm³/mol. The molecule has 3 nitrogen and oxygen atoms in total. The van der Waals surface area contributed by atoms with E-state index in [9.17, 15) is 4.79 Å². The van der Waals surface area contributed by atoms with Crippen LogP contribution in [0.15, 0.2) is 17.5 Å². The van der Waals surface area contributed by atoms with Crippen LogP contribution in [0.5, 0.6) is 0 Å². The molecule has 20 heavy (non-hydrogen) atoms. The molecular weight excluding hydrogens is 268 g/mol. The van der Waals surface area contributed by atoms with Gasteiger partial charge in [0.15, 0.2) is 0 Å². The molecule has 1 N–H and O–H groups in total. The molecule has 0 bridgehead atoms. The number of thiophene rings is 1. The first kappa shape index (κ1) is 12.8. The van der Waals surface area contributed by atoms with Gasteiger partial charge in [0, 0.05) is 10.9 Å². The third-order valence-corrected chi connectivity index (χ3v) is 6.60. The van der Waals surface area contributed by atoms with E-state index in [-0.39, 0.29) is 11.7 Å². The summed E-state index contributed by atoms with van der Waals surface area (Å²) < 4.78 is 0. The summed E-state index contributed by atoms with van der Waals surface area (Å²) in [4.78, 5) is 16.4. The summed E-state index contributed by atoms with van der Waals surface area (Å²) in [6.07, 6.45) is 4.55. The largest absolute Gasteiger partial charge is 0.317 e. The zero-order valence-electron chi connectivity index (χ0n) is 12.1. The van der Waals surface area contributed by atoms with Gasteiger partial charge >= 0.3 is 0 Å². The van der Waals surface area contributed by atoms with E-state index in [4.69, 9.17) is 0 Å². The van der Waals surface area contributed by atoms with E-state index < -0.39 is 0 Å². The van der Waals surface area contributed by atoms with Crippen LogP contribution in [0.25, 0.3) is 0 Å². The smallest absolute Gasteiger partial charge is 0.244 e. The first-order valence-corrected chi connectivity index (χ1v) is 8.64. The van der Waals surface area contributed by atoms with Crippen molar-refractivity contribution in [2.75, 3.05) is 0 Å². The van der Waals surface area contributed by atoms with Crippen molar-refractivity contribution in [3.8, 4) is 0 Å². The van der Waals surface area contributed by atoms with Crippen LogP contribution in [0.2, 0.25) is 0 Å². The van der Waals surface area contributed by atoms with E-state index in [0.29, 0.717) is 17.9 Å². The minimum absolute atomic E-state index is 0.114. The Bertz CT molecular complexity index is 523. The first-order valence-electron chi connectivity index (χ1n) is 7.76. The standard InChI is InChI=1S/C16H22N2OS/c1-10-5-6-12(11(10)2)18-14(13-4-3-9-20-13)17-16(7-8-16)15(18)19/h3-4,9-12,14,17H,5-8H2,1-2H3. The van der Waals surface area contributed by atoms with Gasteiger partial charge in [-0.25, -0.2) is 0 Å². The average molecular weight is 290 g/mol. The summed E-state index contributed by atoms with van der Waals surface area (Å²) in [5.74, 6) is 1.70. The van der Waals surface area contributed by atoms with Crippen molar-refractivity contribution in [2.45, 2.75) is 57.3 Å². The molecule has 4 unspecified atom stereocenters. The normalized spacial score (nSPS) is 38.9. The molecule has 1 spiro atoms. The fourth-order valence-corrected chi connectivity index (χ4v) is 4.74. The zero-order valence-corrected chi connectivity index (χ0v) is 13.0. The van der Waals surface area contributed by atoms with Gasteiger partial charge in [0.2, 0.25) is 5.91 Å². The van der Waals surface area contributed by atoms with Gasteiger partial charge in [0.1, 0.15) is 11.7 Å². The van der Waals surface area contributed by atoms with E-state index in [0.717, 1.165) is 25.2 Å². The van der Waals surface area contributed by atoms with Gasteiger partial charge in [-0.3, -0.25) is 10.1 Å². The second-order valence-corrected chi connectivity index (χ2v) is 7.82. The Kier molecular flexibility index (Phi) is 2.77. The number of hydrogen-bond donors (Lipinski definition) is 1. The van der Waals surface area contributed by atoms with E-state index in [2.05, 4.69) is 41.6 Å². The maximum absolute atomic E-state index is 12.9. The Balaban J connectivity index is 1.69. The second-order valence-electron chi connectivity index (χ2n) is 6.84. The summed E-state index contributed by atoms with van der Waals surface area (Å²) >= 11 is 1.76. The molecule has 3 aliphatic rings. The van der Waals surface area contributed by atoms with E-state index in [1.807, 2.05) is 0 Å². The Morgan fingerprint density at radius 2 is 2.15 bits per heavy atom. The maximum atomic E-state index is 12.9. The summed E-state index contributed by atoms with van der Waals surface area (Å²) in [5.41, 5.74) is -0.208. The quantitative estimate of drug-likeness (QED) is 0.907. The summed E-state index contributed by atoms with van der Waals surface area (Å²) in [5, 5.41) is 5.75. The van der Waals surface area contributed by atoms with E-state index in [1.54, 1.807) is 11.3 Å². The highest BCUT2D eigenvalue weighted by atomic mass is 32.1. The van der Waals surface area contributed by atoms with Crippen LogP contribution in [0.4, 0.5) is 0 Å². The molecule has 108 valence electrons. The highest BCUT2D eigenvalue weighted by Crippen LogP contribution is 2.50. The van der Waals surface area contributed by atoms with Gasteiger partial charge in [0.25, 0.3) is 0 Å². The summed E-state index contributed by atoms with van der Waals surface area (Å²) in [6.45, 7) is 4.64. The van der Waals surface area contributed by atoms with Crippen LogP contribution < -0.4 is 5.32 Å². The third kappa shape index (κ3) is 1.70. The van der Waals surface area contributed by atoms with Gasteiger partial charge in [-0.05, 0) is 49.0 Å². The van der Waals surface area contributed by atoms with Gasteiger partial charge in [-0.1, -0.05) is 19.9 Å². The molecule has 2 heterocycles. The molecule has 2 saturated carbocycles. The molecule has 3 fully saturated rings. The lowest BCUT2D eigenvalue weighted by Crippen LogP contribution is -2.42. The third-order valence-electron chi connectivity index (χ3n) is 5.68. The lowest BCUT2D eigenvalue weighted by molar-refractivity contribution is -0.133. The summed E-state index contributed by atoms with van der Waals surface area (Å²) in [7, 11) is 0. The lowest BCUT2D eigenvalue weighted by atomic mass is 9.96. The van der Waals surface area contributed by atoms with Crippen LogP contribution in [-0.2, 0) is 4.79 Å². The molecule has 4 heteroatoms. The molecule has 1 aromatic rings. The Morgan fingerprint density at radius 1 is 1.35 bits per heavy atom. The molecular formula is C16H22N2OS. The van der Waals surface area contributed by atoms with Crippen molar-refractivity contribution < 1.29 is 4.79 Å². The monoisotopic (exact) mass is 290 g/mol. The highest BCUT2D eigenvalue weighted by molar-refractivity contribution is 7.10. The number of hydrogen-bond acceptors (Lipinski definition) is 3.